The third kappa shape index (κ3) is 4.57. The summed E-state index contributed by atoms with van der Waals surface area (Å²) >= 11 is 0. The van der Waals surface area contributed by atoms with Crippen molar-refractivity contribution < 1.29 is 14.3 Å². The molecule has 0 heterocycles. The number of hydrogen-bond acceptors (Lipinski definition) is 3. The predicted octanol–water partition coefficient (Wildman–Crippen LogP) is 3.72. The minimum Gasteiger partial charge on any atom is -0.497 e. The zero-order chi connectivity index (χ0) is 16.7. The molecule has 0 aliphatic carbocycles. The van der Waals surface area contributed by atoms with E-state index >= 15 is 0 Å². The van der Waals surface area contributed by atoms with Gasteiger partial charge < -0.3 is 14.8 Å². The molecule has 23 heavy (non-hydrogen) atoms. The lowest BCUT2D eigenvalue weighted by molar-refractivity contribution is 0.0935. The Morgan fingerprint density at radius 1 is 1.04 bits per heavy atom. The summed E-state index contributed by atoms with van der Waals surface area (Å²) < 4.78 is 10.2. The molecule has 2 aromatic rings. The molecule has 0 bridgehead atoms. The topological polar surface area (TPSA) is 47.6 Å². The summed E-state index contributed by atoms with van der Waals surface area (Å²) in [5.41, 5.74) is 2.76. The summed E-state index contributed by atoms with van der Waals surface area (Å²) in [5.74, 6) is 0.736. The van der Waals surface area contributed by atoms with Gasteiger partial charge in [0, 0.05) is 12.7 Å². The molecule has 0 aliphatic rings. The number of nitrogens with one attached hydrogen (secondary N) is 1. The number of ether oxygens (including phenoxy) is 2. The van der Waals surface area contributed by atoms with Crippen LogP contribution in [-0.2, 0) is 11.3 Å². The molecule has 4 heteroatoms. The molecule has 0 aromatic heterocycles. The second-order valence-corrected chi connectivity index (χ2v) is 5.34. The minimum atomic E-state index is -0.0726. The summed E-state index contributed by atoms with van der Waals surface area (Å²) in [6.45, 7) is 2.60. The van der Waals surface area contributed by atoms with Gasteiger partial charge in [0.1, 0.15) is 5.75 Å². The van der Waals surface area contributed by atoms with Crippen LogP contribution in [-0.4, -0.2) is 20.1 Å². The van der Waals surface area contributed by atoms with Gasteiger partial charge in [-0.15, -0.1) is 0 Å². The fourth-order valence-corrected chi connectivity index (χ4v) is 2.42. The van der Waals surface area contributed by atoms with Gasteiger partial charge in [0.2, 0.25) is 0 Å². The molecule has 2 rings (SSSR count). The largest absolute Gasteiger partial charge is 0.497 e. The number of rotatable bonds is 7. The molecule has 122 valence electrons. The Balaban J connectivity index is 2.06. The Bertz CT molecular complexity index is 620. The monoisotopic (exact) mass is 313 g/mol. The first-order valence-electron chi connectivity index (χ1n) is 7.70. The van der Waals surface area contributed by atoms with Crippen molar-refractivity contribution >= 4 is 5.91 Å². The molecule has 0 fully saturated rings. The van der Waals surface area contributed by atoms with Gasteiger partial charge in [-0.2, -0.15) is 0 Å². The van der Waals surface area contributed by atoms with Crippen LogP contribution < -0.4 is 10.1 Å². The summed E-state index contributed by atoms with van der Waals surface area (Å²) in [6, 6.07) is 15.2. The number of hydrogen-bond donors (Lipinski definition) is 1. The predicted molar refractivity (Wildman–Crippen MR) is 90.6 cm³/mol. The van der Waals surface area contributed by atoms with E-state index in [0.29, 0.717) is 12.2 Å². The van der Waals surface area contributed by atoms with Crippen molar-refractivity contribution in [3.63, 3.8) is 0 Å². The molecular weight excluding hydrogens is 290 g/mol. The van der Waals surface area contributed by atoms with E-state index < -0.39 is 0 Å². The van der Waals surface area contributed by atoms with Crippen LogP contribution in [0.3, 0.4) is 0 Å². The Kier molecular flexibility index (Phi) is 6.18. The van der Waals surface area contributed by atoms with E-state index in [1.165, 1.54) is 0 Å². The number of carbonyl (C=O) groups is 1. The molecule has 1 amide bonds. The molecule has 0 saturated heterocycles. The van der Waals surface area contributed by atoms with Crippen molar-refractivity contribution in [2.45, 2.75) is 26.0 Å². The van der Waals surface area contributed by atoms with Crippen molar-refractivity contribution in [3.8, 4) is 5.75 Å². The molecule has 4 nitrogen and oxygen atoms in total. The maximum atomic E-state index is 12.4. The van der Waals surface area contributed by atoms with Crippen molar-refractivity contribution in [2.24, 2.45) is 0 Å². The molecule has 1 unspecified atom stereocenters. The smallest absolute Gasteiger partial charge is 0.251 e. The summed E-state index contributed by atoms with van der Waals surface area (Å²) in [7, 11) is 3.29. The lowest BCUT2D eigenvalue weighted by atomic mass is 10.0. The minimum absolute atomic E-state index is 0.0212. The molecule has 0 aliphatic heterocycles. The number of benzene rings is 2. The van der Waals surface area contributed by atoms with Crippen molar-refractivity contribution in [2.75, 3.05) is 14.2 Å². The van der Waals surface area contributed by atoms with Gasteiger partial charge in [0.25, 0.3) is 5.91 Å². The highest BCUT2D eigenvalue weighted by molar-refractivity contribution is 5.94. The van der Waals surface area contributed by atoms with Crippen LogP contribution in [0.25, 0.3) is 0 Å². The average molecular weight is 313 g/mol. The highest BCUT2D eigenvalue weighted by Gasteiger charge is 2.14. The zero-order valence-corrected chi connectivity index (χ0v) is 13.8. The van der Waals surface area contributed by atoms with Gasteiger partial charge in [0.05, 0.1) is 19.8 Å². The first-order valence-corrected chi connectivity index (χ1v) is 7.70. The van der Waals surface area contributed by atoms with E-state index in [1.807, 2.05) is 48.5 Å². The summed E-state index contributed by atoms with van der Waals surface area (Å²) in [6.07, 6.45) is 0.819. The third-order valence-electron chi connectivity index (χ3n) is 3.76. The van der Waals surface area contributed by atoms with Crippen molar-refractivity contribution in [3.05, 3.63) is 65.2 Å². The number of carbonyl (C=O) groups excluding carboxylic acids is 1. The maximum Gasteiger partial charge on any atom is 0.251 e. The van der Waals surface area contributed by atoms with E-state index in [9.17, 15) is 4.79 Å². The van der Waals surface area contributed by atoms with E-state index in [4.69, 9.17) is 9.47 Å². The maximum absolute atomic E-state index is 12.4. The molecule has 0 saturated carbocycles. The highest BCUT2D eigenvalue weighted by atomic mass is 16.5. The Morgan fingerprint density at radius 2 is 1.70 bits per heavy atom. The molecule has 2 aromatic carbocycles. The normalized spacial score (nSPS) is 11.8. The van der Waals surface area contributed by atoms with Gasteiger partial charge in [-0.3, -0.25) is 4.79 Å². The standard InChI is InChI=1S/C19H23NO3/c1-4-18(15-9-11-17(23-3)12-10-15)20-19(21)16-7-5-14(6-8-16)13-22-2/h5-12,18H,4,13H2,1-3H3,(H,20,21). The molecule has 0 radical (unpaired) electrons. The Morgan fingerprint density at radius 3 is 2.22 bits per heavy atom. The van der Waals surface area contributed by atoms with E-state index in [2.05, 4.69) is 12.2 Å². The van der Waals surface area contributed by atoms with Crippen molar-refractivity contribution in [1.29, 1.82) is 0 Å². The quantitative estimate of drug-likeness (QED) is 0.847. The summed E-state index contributed by atoms with van der Waals surface area (Å²) in [5, 5.41) is 3.08. The lowest BCUT2D eigenvalue weighted by Gasteiger charge is -2.18. The Hall–Kier alpha value is -2.33. The molecule has 1 atom stereocenters. The fourth-order valence-electron chi connectivity index (χ4n) is 2.42. The fraction of sp³-hybridized carbons (Fsp3) is 0.316. The van der Waals surface area contributed by atoms with Gasteiger partial charge in [-0.05, 0) is 41.8 Å². The van der Waals surface area contributed by atoms with E-state index in [0.717, 1.165) is 23.3 Å². The average Bonchev–Trinajstić information content (AvgIpc) is 2.60. The zero-order valence-electron chi connectivity index (χ0n) is 13.8. The van der Waals surface area contributed by atoms with Crippen molar-refractivity contribution in [1.82, 2.24) is 5.32 Å². The van der Waals surface area contributed by atoms with Crippen LogP contribution in [0.4, 0.5) is 0 Å². The first kappa shape index (κ1) is 17.0. The van der Waals surface area contributed by atoms with Gasteiger partial charge in [0.15, 0.2) is 0 Å². The van der Waals surface area contributed by atoms with Crippen LogP contribution in [0.15, 0.2) is 48.5 Å². The van der Waals surface area contributed by atoms with Crippen LogP contribution >= 0.6 is 0 Å². The molecule has 1 N–H and O–H groups in total. The summed E-state index contributed by atoms with van der Waals surface area (Å²) in [4.78, 5) is 12.4. The SMILES string of the molecule is CCC(NC(=O)c1ccc(COC)cc1)c1ccc(OC)cc1. The first-order chi connectivity index (χ1) is 11.2. The van der Waals surface area contributed by atoms with Gasteiger partial charge in [-0.1, -0.05) is 31.2 Å². The lowest BCUT2D eigenvalue weighted by Crippen LogP contribution is -2.28. The van der Waals surface area contributed by atoms with Crippen LogP contribution in [0.2, 0.25) is 0 Å². The number of amides is 1. The highest BCUT2D eigenvalue weighted by Crippen LogP contribution is 2.20. The van der Waals surface area contributed by atoms with Gasteiger partial charge >= 0.3 is 0 Å². The second kappa shape index (κ2) is 8.34. The van der Waals surface area contributed by atoms with Crippen LogP contribution in [0.5, 0.6) is 5.75 Å². The van der Waals surface area contributed by atoms with E-state index in [1.54, 1.807) is 14.2 Å². The molecule has 0 spiro atoms. The third-order valence-corrected chi connectivity index (χ3v) is 3.76. The molecular formula is C19H23NO3. The van der Waals surface area contributed by atoms with Crippen LogP contribution in [0.1, 0.15) is 40.9 Å². The van der Waals surface area contributed by atoms with Crippen LogP contribution in [0, 0.1) is 0 Å². The Labute approximate surface area is 137 Å². The second-order valence-electron chi connectivity index (χ2n) is 5.34. The van der Waals surface area contributed by atoms with E-state index in [-0.39, 0.29) is 11.9 Å². The van der Waals surface area contributed by atoms with Gasteiger partial charge in [-0.25, -0.2) is 0 Å². The number of methoxy groups -OCH3 is 2.